The molecule has 0 saturated carbocycles. The second kappa shape index (κ2) is 4.03. The normalized spacial score (nSPS) is 15.2. The minimum absolute atomic E-state index is 0.710. The summed E-state index contributed by atoms with van der Waals surface area (Å²) in [6.07, 6.45) is -1.45. The maximum absolute atomic E-state index is 11.6. The molecule has 10 heavy (non-hydrogen) atoms. The number of alkyl halides is 1. The summed E-state index contributed by atoms with van der Waals surface area (Å²) >= 11 is 0. The summed E-state index contributed by atoms with van der Waals surface area (Å²) in [5.41, 5.74) is 0. The molecule has 2 N–H and O–H groups in total. The van der Waals surface area contributed by atoms with E-state index in [0.29, 0.717) is 0 Å². The van der Waals surface area contributed by atoms with Gasteiger partial charge in [-0.3, -0.25) is 4.57 Å². The summed E-state index contributed by atoms with van der Waals surface area (Å²) in [5, 5.41) is 0. The molecule has 0 bridgehead atoms. The van der Waals surface area contributed by atoms with Gasteiger partial charge >= 0.3 is 7.60 Å². The second-order valence-electron chi connectivity index (χ2n) is 1.93. The SMILES string of the molecule is CC(CF)OCP(=O)(O)O. The largest absolute Gasteiger partial charge is 0.363 e. The Morgan fingerprint density at radius 2 is 2.20 bits per heavy atom. The van der Waals surface area contributed by atoms with Crippen molar-refractivity contribution in [3.05, 3.63) is 0 Å². The average molecular weight is 172 g/mol. The van der Waals surface area contributed by atoms with Crippen LogP contribution in [0.1, 0.15) is 6.92 Å². The summed E-state index contributed by atoms with van der Waals surface area (Å²) in [7, 11) is -4.12. The lowest BCUT2D eigenvalue weighted by molar-refractivity contribution is 0.0690. The zero-order valence-electron chi connectivity index (χ0n) is 5.53. The van der Waals surface area contributed by atoms with Gasteiger partial charge in [-0.25, -0.2) is 4.39 Å². The van der Waals surface area contributed by atoms with Gasteiger partial charge in [-0.1, -0.05) is 0 Å². The summed E-state index contributed by atoms with van der Waals surface area (Å²) in [6, 6.07) is 0. The third-order valence-corrected chi connectivity index (χ3v) is 1.23. The Bertz CT molecular complexity index is 133. The van der Waals surface area contributed by atoms with E-state index >= 15 is 0 Å². The Morgan fingerprint density at radius 1 is 1.70 bits per heavy atom. The Kier molecular flexibility index (Phi) is 4.05. The van der Waals surface area contributed by atoms with Crippen molar-refractivity contribution in [2.24, 2.45) is 0 Å². The van der Waals surface area contributed by atoms with Crippen LogP contribution >= 0.6 is 7.60 Å². The van der Waals surface area contributed by atoms with E-state index in [1.807, 2.05) is 0 Å². The Morgan fingerprint density at radius 3 is 2.50 bits per heavy atom. The van der Waals surface area contributed by atoms with Gasteiger partial charge in [0.1, 0.15) is 13.0 Å². The molecule has 0 aliphatic rings. The quantitative estimate of drug-likeness (QED) is 0.606. The summed E-state index contributed by atoms with van der Waals surface area (Å²) in [4.78, 5) is 16.5. The van der Waals surface area contributed by atoms with Crippen molar-refractivity contribution in [2.45, 2.75) is 13.0 Å². The molecule has 6 heteroatoms. The van der Waals surface area contributed by atoms with E-state index < -0.39 is 26.7 Å². The topological polar surface area (TPSA) is 66.8 Å². The van der Waals surface area contributed by atoms with Gasteiger partial charge in [0.25, 0.3) is 0 Å². The van der Waals surface area contributed by atoms with Gasteiger partial charge in [-0.15, -0.1) is 0 Å². The number of hydrogen-bond donors (Lipinski definition) is 2. The molecule has 0 aliphatic carbocycles. The first-order valence-corrected chi connectivity index (χ1v) is 4.47. The first-order valence-electron chi connectivity index (χ1n) is 2.68. The molecule has 4 nitrogen and oxygen atoms in total. The number of rotatable bonds is 4. The number of halogens is 1. The zero-order chi connectivity index (χ0) is 8.20. The van der Waals surface area contributed by atoms with Crippen LogP contribution in [0.3, 0.4) is 0 Å². The molecule has 0 heterocycles. The molecule has 0 aromatic carbocycles. The molecule has 0 aromatic heterocycles. The van der Waals surface area contributed by atoms with Crippen LogP contribution in [0.15, 0.2) is 0 Å². The lowest BCUT2D eigenvalue weighted by Gasteiger charge is -2.08. The van der Waals surface area contributed by atoms with Gasteiger partial charge < -0.3 is 14.5 Å². The van der Waals surface area contributed by atoms with E-state index in [2.05, 4.69) is 4.74 Å². The number of hydrogen-bond acceptors (Lipinski definition) is 2. The van der Waals surface area contributed by atoms with Gasteiger partial charge in [-0.2, -0.15) is 0 Å². The monoisotopic (exact) mass is 172 g/mol. The van der Waals surface area contributed by atoms with Gasteiger partial charge in [0.15, 0.2) is 0 Å². The molecule has 0 saturated heterocycles. The van der Waals surface area contributed by atoms with Crippen LogP contribution in [-0.2, 0) is 9.30 Å². The van der Waals surface area contributed by atoms with Crippen LogP contribution in [0.4, 0.5) is 4.39 Å². The lowest BCUT2D eigenvalue weighted by atomic mass is 10.5. The maximum Gasteiger partial charge on any atom is 0.350 e. The third-order valence-electron chi connectivity index (χ3n) is 0.745. The standard InChI is InChI=1S/C4H10FO4P/c1-4(2-5)9-3-10(6,7)8/h4H,2-3H2,1H3,(H2,6,7,8). The van der Waals surface area contributed by atoms with Crippen LogP contribution in [0.25, 0.3) is 0 Å². The highest BCUT2D eigenvalue weighted by Gasteiger charge is 2.14. The second-order valence-corrected chi connectivity index (χ2v) is 3.51. The lowest BCUT2D eigenvalue weighted by Crippen LogP contribution is -2.11. The van der Waals surface area contributed by atoms with Crippen LogP contribution < -0.4 is 0 Å². The Balaban J connectivity index is 3.46. The average Bonchev–Trinajstić information content (AvgIpc) is 1.81. The third kappa shape index (κ3) is 6.16. The molecule has 0 rings (SSSR count). The molecular formula is C4H10FO4P. The van der Waals surface area contributed by atoms with Crippen molar-refractivity contribution >= 4 is 7.60 Å². The molecular weight excluding hydrogens is 162 g/mol. The van der Waals surface area contributed by atoms with Gasteiger partial charge in [0, 0.05) is 0 Å². The highest BCUT2D eigenvalue weighted by molar-refractivity contribution is 7.51. The summed E-state index contributed by atoms with van der Waals surface area (Å²) in [5.74, 6) is 0. The summed E-state index contributed by atoms with van der Waals surface area (Å²) < 4.78 is 26.1. The van der Waals surface area contributed by atoms with Gasteiger partial charge in [-0.05, 0) is 6.92 Å². The smallest absolute Gasteiger partial charge is 0.350 e. The van der Waals surface area contributed by atoms with E-state index in [9.17, 15) is 8.96 Å². The predicted octanol–water partition coefficient (Wildman–Crippen LogP) is 0.496. The Hall–Kier alpha value is 0.0400. The van der Waals surface area contributed by atoms with Crippen LogP contribution in [0, 0.1) is 0 Å². The van der Waals surface area contributed by atoms with Crippen molar-refractivity contribution < 1.29 is 23.5 Å². The first-order chi connectivity index (χ1) is 4.45. The minimum atomic E-state index is -4.12. The fourth-order valence-electron chi connectivity index (χ4n) is 0.269. The highest BCUT2D eigenvalue weighted by atomic mass is 31.2. The van der Waals surface area contributed by atoms with Crippen LogP contribution in [0.2, 0.25) is 0 Å². The van der Waals surface area contributed by atoms with Crippen LogP contribution in [-0.4, -0.2) is 28.9 Å². The van der Waals surface area contributed by atoms with Gasteiger partial charge in [0.2, 0.25) is 0 Å². The molecule has 62 valence electrons. The van der Waals surface area contributed by atoms with E-state index in [1.54, 1.807) is 0 Å². The maximum atomic E-state index is 11.6. The van der Waals surface area contributed by atoms with Crippen molar-refractivity contribution in [1.29, 1.82) is 0 Å². The fourth-order valence-corrected chi connectivity index (χ4v) is 0.718. The Labute approximate surface area is 58.2 Å². The van der Waals surface area contributed by atoms with Gasteiger partial charge in [0.05, 0.1) is 6.10 Å². The fraction of sp³-hybridized carbons (Fsp3) is 1.00. The molecule has 0 amide bonds. The van der Waals surface area contributed by atoms with E-state index in [-0.39, 0.29) is 0 Å². The molecule has 0 spiro atoms. The van der Waals surface area contributed by atoms with Crippen molar-refractivity contribution in [2.75, 3.05) is 13.0 Å². The predicted molar refractivity (Wildman–Crippen MR) is 33.4 cm³/mol. The molecule has 0 fully saturated rings. The number of ether oxygens (including phenoxy) is 1. The van der Waals surface area contributed by atoms with E-state index in [0.717, 1.165) is 0 Å². The van der Waals surface area contributed by atoms with Crippen molar-refractivity contribution in [3.63, 3.8) is 0 Å². The highest BCUT2D eigenvalue weighted by Crippen LogP contribution is 2.34. The van der Waals surface area contributed by atoms with Crippen LogP contribution in [0.5, 0.6) is 0 Å². The molecule has 1 atom stereocenters. The molecule has 0 aliphatic heterocycles. The molecule has 0 radical (unpaired) electrons. The van der Waals surface area contributed by atoms with Crippen molar-refractivity contribution in [1.82, 2.24) is 0 Å². The van der Waals surface area contributed by atoms with E-state index in [1.165, 1.54) is 6.92 Å². The molecule has 1 unspecified atom stereocenters. The zero-order valence-corrected chi connectivity index (χ0v) is 6.42. The summed E-state index contributed by atoms with van der Waals surface area (Å²) in [6.45, 7) is 0.662. The van der Waals surface area contributed by atoms with E-state index in [4.69, 9.17) is 9.79 Å². The van der Waals surface area contributed by atoms with Crippen molar-refractivity contribution in [3.8, 4) is 0 Å². The molecule has 0 aromatic rings. The first kappa shape index (κ1) is 10.0. The minimum Gasteiger partial charge on any atom is -0.363 e.